The zero-order valence-corrected chi connectivity index (χ0v) is 14.4. The highest BCUT2D eigenvalue weighted by Crippen LogP contribution is 2.31. The molecule has 1 aliphatic heterocycles. The van der Waals surface area contributed by atoms with Crippen LogP contribution >= 0.6 is 0 Å². The Morgan fingerprint density at radius 3 is 2.68 bits per heavy atom. The largest absolute Gasteiger partial charge is 0.330 e. The molecule has 1 saturated heterocycles. The topological polar surface area (TPSA) is 58.4 Å². The molecule has 0 bridgehead atoms. The normalized spacial score (nSPS) is 20.6. The molecule has 1 fully saturated rings. The van der Waals surface area contributed by atoms with Gasteiger partial charge in [-0.1, -0.05) is 36.4 Å². The number of rotatable bonds is 5. The van der Waals surface area contributed by atoms with Crippen LogP contribution in [0.1, 0.15) is 17.0 Å². The minimum Gasteiger partial charge on any atom is -0.330 e. The summed E-state index contributed by atoms with van der Waals surface area (Å²) in [5.74, 6) is 0.0467. The maximum atomic E-state index is 13.9. The highest BCUT2D eigenvalue weighted by atomic mass is 19.1. The average molecular weight is 341 g/mol. The van der Waals surface area contributed by atoms with Crippen molar-refractivity contribution in [3.63, 3.8) is 0 Å². The number of aryl methyl sites for hydroxylation is 1. The first-order chi connectivity index (χ1) is 12.1. The van der Waals surface area contributed by atoms with Crippen LogP contribution in [0.3, 0.4) is 0 Å². The summed E-state index contributed by atoms with van der Waals surface area (Å²) in [4.78, 5) is 14.4. The van der Waals surface area contributed by atoms with Crippen LogP contribution in [0.5, 0.6) is 0 Å². The van der Waals surface area contributed by atoms with Gasteiger partial charge in [0.15, 0.2) is 0 Å². The summed E-state index contributed by atoms with van der Waals surface area (Å²) in [6.45, 7) is 4.21. The van der Waals surface area contributed by atoms with E-state index in [1.165, 1.54) is 11.6 Å². The molecule has 1 aliphatic rings. The quantitative estimate of drug-likeness (QED) is 0.879. The Morgan fingerprint density at radius 2 is 2.00 bits per heavy atom. The second-order valence-corrected chi connectivity index (χ2v) is 6.74. The number of nitrogens with zero attached hydrogens (tertiary/aromatic N) is 1. The van der Waals surface area contributed by atoms with E-state index < -0.39 is 5.82 Å². The molecule has 0 aliphatic carbocycles. The zero-order chi connectivity index (χ0) is 17.8. The van der Waals surface area contributed by atoms with Crippen molar-refractivity contribution in [3.8, 4) is 0 Å². The summed E-state index contributed by atoms with van der Waals surface area (Å²) in [7, 11) is 0. The van der Waals surface area contributed by atoms with Crippen LogP contribution in [-0.4, -0.2) is 37.0 Å². The van der Waals surface area contributed by atoms with Gasteiger partial charge in [0.05, 0.1) is 12.2 Å². The third kappa shape index (κ3) is 4.24. The van der Waals surface area contributed by atoms with E-state index in [4.69, 9.17) is 5.73 Å². The molecule has 25 heavy (non-hydrogen) atoms. The Labute approximate surface area is 147 Å². The van der Waals surface area contributed by atoms with Gasteiger partial charge < -0.3 is 11.1 Å². The SMILES string of the molecule is Cc1ccc(NC(=O)CN2C[C@@H](CN)[C@H](c3ccccc3)C2)c(F)c1. The first-order valence-corrected chi connectivity index (χ1v) is 8.60. The highest BCUT2D eigenvalue weighted by molar-refractivity contribution is 5.92. The number of benzene rings is 2. The first kappa shape index (κ1) is 17.6. The summed E-state index contributed by atoms with van der Waals surface area (Å²) >= 11 is 0. The third-order valence-electron chi connectivity index (χ3n) is 4.81. The number of carbonyl (C=O) groups excluding carboxylic acids is 1. The molecule has 0 spiro atoms. The average Bonchev–Trinajstić information content (AvgIpc) is 3.01. The lowest BCUT2D eigenvalue weighted by Gasteiger charge is -2.16. The fourth-order valence-electron chi connectivity index (χ4n) is 3.52. The van der Waals surface area contributed by atoms with Gasteiger partial charge in [0.2, 0.25) is 5.91 Å². The molecule has 2 atom stereocenters. The lowest BCUT2D eigenvalue weighted by molar-refractivity contribution is -0.117. The Balaban J connectivity index is 1.62. The van der Waals surface area contributed by atoms with Crippen molar-refractivity contribution in [1.82, 2.24) is 4.90 Å². The minimum absolute atomic E-state index is 0.202. The number of carbonyl (C=O) groups is 1. The summed E-state index contributed by atoms with van der Waals surface area (Å²) in [5.41, 5.74) is 8.24. The van der Waals surface area contributed by atoms with E-state index in [0.29, 0.717) is 18.4 Å². The van der Waals surface area contributed by atoms with Crippen molar-refractivity contribution in [2.75, 3.05) is 31.5 Å². The van der Waals surface area contributed by atoms with Crippen molar-refractivity contribution in [2.24, 2.45) is 11.7 Å². The molecule has 0 saturated carbocycles. The van der Waals surface area contributed by atoms with E-state index >= 15 is 0 Å². The zero-order valence-electron chi connectivity index (χ0n) is 14.4. The Kier molecular flexibility index (Phi) is 5.46. The molecule has 0 radical (unpaired) electrons. The van der Waals surface area contributed by atoms with Crippen LogP contribution in [0.4, 0.5) is 10.1 Å². The third-order valence-corrected chi connectivity index (χ3v) is 4.81. The molecule has 3 rings (SSSR count). The Morgan fingerprint density at radius 1 is 1.24 bits per heavy atom. The van der Waals surface area contributed by atoms with E-state index in [1.807, 2.05) is 25.1 Å². The molecule has 1 heterocycles. The van der Waals surface area contributed by atoms with Crippen LogP contribution in [0.25, 0.3) is 0 Å². The van der Waals surface area contributed by atoms with E-state index in [0.717, 1.165) is 18.7 Å². The van der Waals surface area contributed by atoms with Crippen LogP contribution in [0.2, 0.25) is 0 Å². The van der Waals surface area contributed by atoms with Crippen molar-refractivity contribution in [1.29, 1.82) is 0 Å². The highest BCUT2D eigenvalue weighted by Gasteiger charge is 2.33. The van der Waals surface area contributed by atoms with Gasteiger partial charge in [0, 0.05) is 19.0 Å². The lowest BCUT2D eigenvalue weighted by Crippen LogP contribution is -2.32. The van der Waals surface area contributed by atoms with Gasteiger partial charge in [0.1, 0.15) is 5.82 Å². The van der Waals surface area contributed by atoms with Gasteiger partial charge in [-0.25, -0.2) is 4.39 Å². The summed E-state index contributed by atoms with van der Waals surface area (Å²) < 4.78 is 13.9. The van der Waals surface area contributed by atoms with Crippen molar-refractivity contribution < 1.29 is 9.18 Å². The molecule has 3 N–H and O–H groups in total. The van der Waals surface area contributed by atoms with E-state index in [2.05, 4.69) is 22.3 Å². The van der Waals surface area contributed by atoms with E-state index in [1.54, 1.807) is 12.1 Å². The van der Waals surface area contributed by atoms with E-state index in [-0.39, 0.29) is 18.1 Å². The van der Waals surface area contributed by atoms with Crippen LogP contribution in [-0.2, 0) is 4.79 Å². The van der Waals surface area contributed by atoms with Crippen molar-refractivity contribution in [3.05, 3.63) is 65.5 Å². The molecule has 5 heteroatoms. The maximum absolute atomic E-state index is 13.9. The fraction of sp³-hybridized carbons (Fsp3) is 0.350. The number of nitrogens with two attached hydrogens (primary N) is 1. The van der Waals surface area contributed by atoms with Crippen LogP contribution in [0.15, 0.2) is 48.5 Å². The molecule has 132 valence electrons. The predicted octanol–water partition coefficient (Wildman–Crippen LogP) is 2.75. The summed E-state index contributed by atoms with van der Waals surface area (Å²) in [6.07, 6.45) is 0. The van der Waals surface area contributed by atoms with Gasteiger partial charge in [-0.2, -0.15) is 0 Å². The van der Waals surface area contributed by atoms with E-state index in [9.17, 15) is 9.18 Å². The number of anilines is 1. The van der Waals surface area contributed by atoms with Gasteiger partial charge in [-0.15, -0.1) is 0 Å². The van der Waals surface area contributed by atoms with Crippen LogP contribution in [0, 0.1) is 18.7 Å². The molecule has 2 aromatic carbocycles. The first-order valence-electron chi connectivity index (χ1n) is 8.60. The van der Waals surface area contributed by atoms with Crippen molar-refractivity contribution in [2.45, 2.75) is 12.8 Å². The second kappa shape index (κ2) is 7.76. The van der Waals surface area contributed by atoms with Crippen molar-refractivity contribution >= 4 is 11.6 Å². The molecular formula is C20H24FN3O. The molecular weight excluding hydrogens is 317 g/mol. The number of hydrogen-bond donors (Lipinski definition) is 2. The number of halogens is 1. The minimum atomic E-state index is -0.406. The predicted molar refractivity (Wildman–Crippen MR) is 97.9 cm³/mol. The van der Waals surface area contributed by atoms with Gasteiger partial charge in [-0.05, 0) is 42.6 Å². The molecule has 1 amide bonds. The maximum Gasteiger partial charge on any atom is 0.238 e. The van der Waals surface area contributed by atoms with Gasteiger partial charge >= 0.3 is 0 Å². The number of nitrogens with one attached hydrogen (secondary N) is 1. The summed E-state index contributed by atoms with van der Waals surface area (Å²) in [5, 5.41) is 2.66. The standard InChI is InChI=1S/C20H24FN3O/c1-14-7-8-19(18(21)9-14)23-20(25)13-24-11-16(10-22)17(12-24)15-5-3-2-4-6-15/h2-9,16-17H,10-13,22H2,1H3,(H,23,25)/t16-,17+/m1/s1. The lowest BCUT2D eigenvalue weighted by atomic mass is 9.89. The van der Waals surface area contributed by atoms with Gasteiger partial charge in [0.25, 0.3) is 0 Å². The Bertz CT molecular complexity index is 735. The smallest absolute Gasteiger partial charge is 0.238 e. The van der Waals surface area contributed by atoms with Gasteiger partial charge in [-0.3, -0.25) is 9.69 Å². The monoisotopic (exact) mass is 341 g/mol. The Hall–Kier alpha value is -2.24. The number of likely N-dealkylation sites (tertiary alicyclic amines) is 1. The molecule has 2 aromatic rings. The summed E-state index contributed by atoms with van der Waals surface area (Å²) in [6, 6.07) is 15.1. The molecule has 4 nitrogen and oxygen atoms in total. The second-order valence-electron chi connectivity index (χ2n) is 6.74. The number of hydrogen-bond acceptors (Lipinski definition) is 3. The molecule has 0 aromatic heterocycles. The fourth-order valence-corrected chi connectivity index (χ4v) is 3.52. The number of amides is 1. The molecule has 0 unspecified atom stereocenters. The van der Waals surface area contributed by atoms with Crippen LogP contribution < -0.4 is 11.1 Å².